The molecule has 0 aromatic heterocycles. The Morgan fingerprint density at radius 3 is 1.64 bits per heavy atom. The van der Waals surface area contributed by atoms with Crippen LogP contribution in [0.4, 0.5) is 0 Å². The van der Waals surface area contributed by atoms with Crippen molar-refractivity contribution >= 4 is 18.5 Å². The molecule has 1 amide bonds. The van der Waals surface area contributed by atoms with Gasteiger partial charge in [-0.05, 0) is 19.3 Å². The van der Waals surface area contributed by atoms with Crippen molar-refractivity contribution in [3.8, 4) is 0 Å². The number of carbonyl (C=O) groups excluding carboxylic acids is 3. The van der Waals surface area contributed by atoms with Crippen LogP contribution in [0.3, 0.4) is 0 Å². The predicted molar refractivity (Wildman–Crippen MR) is 89.8 cm³/mol. The first-order valence-electron chi connectivity index (χ1n) is 8.95. The lowest BCUT2D eigenvalue weighted by Crippen LogP contribution is -2.24. The molecule has 0 bridgehead atoms. The van der Waals surface area contributed by atoms with E-state index >= 15 is 0 Å². The van der Waals surface area contributed by atoms with Crippen LogP contribution in [0.1, 0.15) is 89.9 Å². The summed E-state index contributed by atoms with van der Waals surface area (Å²) < 4.78 is 0. The summed E-state index contributed by atoms with van der Waals surface area (Å²) in [5, 5.41) is 2.84. The molecular weight excluding hydrogens is 278 g/mol. The van der Waals surface area contributed by atoms with E-state index in [1.54, 1.807) is 0 Å². The van der Waals surface area contributed by atoms with E-state index in [1.165, 1.54) is 44.9 Å². The monoisotopic (exact) mass is 311 g/mol. The van der Waals surface area contributed by atoms with E-state index in [1.807, 2.05) is 0 Å². The largest absolute Gasteiger partial charge is 0.356 e. The van der Waals surface area contributed by atoms with Crippen LogP contribution in [0.15, 0.2) is 0 Å². The van der Waals surface area contributed by atoms with Gasteiger partial charge in [0.25, 0.3) is 0 Å². The normalized spacial score (nSPS) is 10.4. The minimum absolute atomic E-state index is 0.112. The minimum Gasteiger partial charge on any atom is -0.356 e. The molecule has 22 heavy (non-hydrogen) atoms. The van der Waals surface area contributed by atoms with Crippen LogP contribution >= 0.6 is 0 Å². The molecule has 4 nitrogen and oxygen atoms in total. The molecule has 4 heteroatoms. The van der Waals surface area contributed by atoms with Crippen LogP contribution in [-0.4, -0.2) is 25.0 Å². The Hall–Kier alpha value is -1.19. The highest BCUT2D eigenvalue weighted by atomic mass is 16.1. The molecule has 0 atom stereocenters. The molecule has 0 aliphatic rings. The lowest BCUT2D eigenvalue weighted by molar-refractivity contribution is -0.121. The highest BCUT2D eigenvalue weighted by molar-refractivity contribution is 5.75. The maximum atomic E-state index is 11.5. The number of nitrogens with one attached hydrogen (secondary N) is 1. The zero-order chi connectivity index (χ0) is 16.3. The summed E-state index contributed by atoms with van der Waals surface area (Å²) in [6.07, 6.45) is 16.4. The van der Waals surface area contributed by atoms with E-state index in [0.29, 0.717) is 25.8 Å². The van der Waals surface area contributed by atoms with Crippen molar-refractivity contribution < 1.29 is 14.4 Å². The summed E-state index contributed by atoms with van der Waals surface area (Å²) in [5.41, 5.74) is 0. The molecule has 0 heterocycles. The molecule has 0 unspecified atom stereocenters. The maximum Gasteiger partial charge on any atom is 0.219 e. The summed E-state index contributed by atoms with van der Waals surface area (Å²) in [6, 6.07) is 0. The van der Waals surface area contributed by atoms with Crippen molar-refractivity contribution in [1.29, 1.82) is 0 Å². The van der Waals surface area contributed by atoms with Crippen molar-refractivity contribution in [2.45, 2.75) is 89.9 Å². The smallest absolute Gasteiger partial charge is 0.219 e. The maximum absolute atomic E-state index is 11.5. The molecule has 0 aliphatic heterocycles. The van der Waals surface area contributed by atoms with Gasteiger partial charge in [0.1, 0.15) is 12.6 Å². The highest BCUT2D eigenvalue weighted by Crippen LogP contribution is 2.11. The van der Waals surface area contributed by atoms with E-state index in [4.69, 9.17) is 0 Å². The SMILES string of the molecule is O=CCCCCCCCCCCCCC(=O)NCCCC=O. The summed E-state index contributed by atoms with van der Waals surface area (Å²) in [6.45, 7) is 0.615. The van der Waals surface area contributed by atoms with Gasteiger partial charge in [0.05, 0.1) is 0 Å². The van der Waals surface area contributed by atoms with Crippen LogP contribution < -0.4 is 5.32 Å². The first-order valence-corrected chi connectivity index (χ1v) is 8.95. The molecule has 0 radical (unpaired) electrons. The third-order valence-electron chi connectivity index (χ3n) is 3.80. The van der Waals surface area contributed by atoms with Crippen molar-refractivity contribution in [3.63, 3.8) is 0 Å². The van der Waals surface area contributed by atoms with E-state index in [2.05, 4.69) is 5.32 Å². The van der Waals surface area contributed by atoms with Gasteiger partial charge in [0.2, 0.25) is 5.91 Å². The van der Waals surface area contributed by atoms with Gasteiger partial charge in [0, 0.05) is 25.8 Å². The molecule has 0 aliphatic carbocycles. The Kier molecular flexibility index (Phi) is 16.9. The molecule has 128 valence electrons. The number of rotatable bonds is 17. The first-order chi connectivity index (χ1) is 10.8. The van der Waals surface area contributed by atoms with Gasteiger partial charge in [-0.3, -0.25) is 4.79 Å². The second kappa shape index (κ2) is 17.9. The van der Waals surface area contributed by atoms with Gasteiger partial charge in [-0.1, -0.05) is 51.4 Å². The van der Waals surface area contributed by atoms with E-state index in [-0.39, 0.29) is 5.91 Å². The Morgan fingerprint density at radius 1 is 0.636 bits per heavy atom. The number of hydrogen-bond acceptors (Lipinski definition) is 3. The molecule has 0 aromatic rings. The fraction of sp³-hybridized carbons (Fsp3) is 0.833. The third-order valence-corrected chi connectivity index (χ3v) is 3.80. The summed E-state index contributed by atoms with van der Waals surface area (Å²) >= 11 is 0. The summed E-state index contributed by atoms with van der Waals surface area (Å²) in [4.78, 5) is 31.7. The van der Waals surface area contributed by atoms with Crippen LogP contribution in [0.25, 0.3) is 0 Å². The average Bonchev–Trinajstić information content (AvgIpc) is 2.52. The lowest BCUT2D eigenvalue weighted by Gasteiger charge is -2.04. The van der Waals surface area contributed by atoms with Crippen LogP contribution in [0.5, 0.6) is 0 Å². The Balaban J connectivity index is 3.11. The number of aldehydes is 2. The van der Waals surface area contributed by atoms with Gasteiger partial charge in [-0.25, -0.2) is 0 Å². The van der Waals surface area contributed by atoms with Gasteiger partial charge in [-0.15, -0.1) is 0 Å². The standard InChI is InChI=1S/C18H33NO3/c20-16-12-9-7-5-3-1-2-4-6-8-10-14-18(22)19-15-11-13-17-21/h16-17H,1-15H2,(H,19,22). The van der Waals surface area contributed by atoms with Crippen LogP contribution in [0, 0.1) is 0 Å². The molecule has 0 fully saturated rings. The predicted octanol–water partition coefficient (Wildman–Crippen LogP) is 3.96. The zero-order valence-corrected chi connectivity index (χ0v) is 14.0. The summed E-state index contributed by atoms with van der Waals surface area (Å²) in [7, 11) is 0. The van der Waals surface area contributed by atoms with Crippen LogP contribution in [-0.2, 0) is 14.4 Å². The lowest BCUT2D eigenvalue weighted by atomic mass is 10.1. The second-order valence-corrected chi connectivity index (χ2v) is 5.90. The number of hydrogen-bond donors (Lipinski definition) is 1. The van der Waals surface area contributed by atoms with Gasteiger partial charge >= 0.3 is 0 Å². The first kappa shape index (κ1) is 20.8. The Morgan fingerprint density at radius 2 is 1.09 bits per heavy atom. The second-order valence-electron chi connectivity index (χ2n) is 5.90. The molecule has 1 N–H and O–H groups in total. The quantitative estimate of drug-likeness (QED) is 0.327. The van der Waals surface area contributed by atoms with E-state index < -0.39 is 0 Å². The Labute approximate surface area is 135 Å². The Bertz CT molecular complexity index is 280. The molecule has 0 rings (SSSR count). The zero-order valence-electron chi connectivity index (χ0n) is 14.0. The number of amides is 1. The van der Waals surface area contributed by atoms with Crippen LogP contribution in [0.2, 0.25) is 0 Å². The fourth-order valence-corrected chi connectivity index (χ4v) is 2.43. The van der Waals surface area contributed by atoms with E-state index in [0.717, 1.165) is 38.3 Å². The van der Waals surface area contributed by atoms with Crippen molar-refractivity contribution in [1.82, 2.24) is 5.32 Å². The molecular formula is C18H33NO3. The van der Waals surface area contributed by atoms with Crippen molar-refractivity contribution in [2.75, 3.05) is 6.54 Å². The van der Waals surface area contributed by atoms with Crippen molar-refractivity contribution in [3.05, 3.63) is 0 Å². The minimum atomic E-state index is 0.112. The summed E-state index contributed by atoms with van der Waals surface area (Å²) in [5.74, 6) is 0.112. The number of carbonyl (C=O) groups is 3. The number of unbranched alkanes of at least 4 members (excludes halogenated alkanes) is 11. The molecule has 0 saturated heterocycles. The molecule has 0 spiro atoms. The van der Waals surface area contributed by atoms with Gasteiger partial charge in [0.15, 0.2) is 0 Å². The van der Waals surface area contributed by atoms with E-state index in [9.17, 15) is 14.4 Å². The van der Waals surface area contributed by atoms with Gasteiger partial charge < -0.3 is 14.9 Å². The van der Waals surface area contributed by atoms with Crippen molar-refractivity contribution in [2.24, 2.45) is 0 Å². The fourth-order valence-electron chi connectivity index (χ4n) is 2.43. The molecule has 0 saturated carbocycles. The molecule has 0 aromatic carbocycles. The average molecular weight is 311 g/mol. The van der Waals surface area contributed by atoms with Gasteiger partial charge in [-0.2, -0.15) is 0 Å². The highest BCUT2D eigenvalue weighted by Gasteiger charge is 2.00. The topological polar surface area (TPSA) is 63.2 Å². The third kappa shape index (κ3) is 16.9.